The van der Waals surface area contributed by atoms with Gasteiger partial charge in [0.1, 0.15) is 0 Å². The van der Waals surface area contributed by atoms with Gasteiger partial charge in [0.25, 0.3) is 0 Å². The number of nitrogens with one attached hydrogen (secondary N) is 1. The molecule has 1 aliphatic rings. The summed E-state index contributed by atoms with van der Waals surface area (Å²) in [5, 5.41) is 11.6. The Morgan fingerprint density at radius 2 is 2.11 bits per heavy atom. The Morgan fingerprint density at radius 1 is 1.37 bits per heavy atom. The molecule has 5 heteroatoms. The Balaban J connectivity index is 1.90. The molecule has 2 rings (SSSR count). The molecule has 1 saturated carbocycles. The van der Waals surface area contributed by atoms with Crippen LogP contribution in [0.2, 0.25) is 0 Å². The zero-order valence-electron chi connectivity index (χ0n) is 10.9. The number of carboxylic acid groups (broad SMARTS) is 1. The van der Waals surface area contributed by atoms with Gasteiger partial charge in [-0.15, -0.1) is 0 Å². The number of aliphatic carboxylic acids is 1. The Morgan fingerprint density at radius 3 is 2.68 bits per heavy atom. The van der Waals surface area contributed by atoms with E-state index in [0.29, 0.717) is 0 Å². The van der Waals surface area contributed by atoms with E-state index in [1.165, 1.54) is 0 Å². The van der Waals surface area contributed by atoms with Gasteiger partial charge in [-0.25, -0.2) is 0 Å². The number of aryl methyl sites for hydroxylation is 1. The van der Waals surface area contributed by atoms with Crippen LogP contribution in [0.4, 0.5) is 5.69 Å². The third-order valence-corrected chi connectivity index (χ3v) is 3.05. The summed E-state index contributed by atoms with van der Waals surface area (Å²) in [5.74, 6) is -1.06. The smallest absolute Gasteiger partial charge is 0.317 e. The number of carboxylic acids is 1. The van der Waals surface area contributed by atoms with E-state index < -0.39 is 5.97 Å². The molecule has 0 spiro atoms. The van der Waals surface area contributed by atoms with Crippen LogP contribution in [0, 0.1) is 6.92 Å². The van der Waals surface area contributed by atoms with Crippen molar-refractivity contribution >= 4 is 17.6 Å². The van der Waals surface area contributed by atoms with Crippen molar-refractivity contribution in [1.82, 2.24) is 4.90 Å². The van der Waals surface area contributed by atoms with E-state index in [0.717, 1.165) is 24.1 Å². The summed E-state index contributed by atoms with van der Waals surface area (Å²) >= 11 is 0. The first kappa shape index (κ1) is 13.5. The van der Waals surface area contributed by atoms with Gasteiger partial charge in [0.05, 0.1) is 13.1 Å². The molecule has 0 aliphatic heterocycles. The van der Waals surface area contributed by atoms with E-state index in [1.807, 2.05) is 31.2 Å². The summed E-state index contributed by atoms with van der Waals surface area (Å²) in [6, 6.07) is 7.79. The van der Waals surface area contributed by atoms with Gasteiger partial charge < -0.3 is 10.4 Å². The normalized spacial score (nSPS) is 14.4. The lowest BCUT2D eigenvalue weighted by Crippen LogP contribution is -2.38. The molecule has 1 aliphatic carbocycles. The molecule has 19 heavy (non-hydrogen) atoms. The lowest BCUT2D eigenvalue weighted by Gasteiger charge is -2.19. The molecule has 1 aromatic carbocycles. The van der Waals surface area contributed by atoms with Crippen molar-refractivity contribution in [2.45, 2.75) is 25.8 Å². The zero-order valence-corrected chi connectivity index (χ0v) is 10.9. The topological polar surface area (TPSA) is 69.6 Å². The van der Waals surface area contributed by atoms with E-state index in [-0.39, 0.29) is 25.0 Å². The number of rotatable bonds is 6. The SMILES string of the molecule is Cc1cccc(NC(=O)CN(CC(=O)O)C2CC2)c1. The molecule has 1 amide bonds. The summed E-state index contributed by atoms with van der Waals surface area (Å²) < 4.78 is 0. The van der Waals surface area contributed by atoms with Crippen molar-refractivity contribution in [2.75, 3.05) is 18.4 Å². The highest BCUT2D eigenvalue weighted by Crippen LogP contribution is 2.26. The molecular weight excluding hydrogens is 244 g/mol. The number of carbonyl (C=O) groups is 2. The number of anilines is 1. The van der Waals surface area contributed by atoms with Gasteiger partial charge in [-0.1, -0.05) is 12.1 Å². The van der Waals surface area contributed by atoms with Crippen LogP contribution < -0.4 is 5.32 Å². The fraction of sp³-hybridized carbons (Fsp3) is 0.429. The molecule has 0 unspecified atom stereocenters. The summed E-state index contributed by atoms with van der Waals surface area (Å²) in [7, 11) is 0. The molecule has 1 aromatic rings. The van der Waals surface area contributed by atoms with Gasteiger partial charge in [0, 0.05) is 11.7 Å². The fourth-order valence-corrected chi connectivity index (χ4v) is 2.04. The molecule has 5 nitrogen and oxygen atoms in total. The molecule has 1 fully saturated rings. The van der Waals surface area contributed by atoms with Crippen LogP contribution >= 0.6 is 0 Å². The second-order valence-electron chi connectivity index (χ2n) is 4.95. The Bertz CT molecular complexity index is 483. The maximum atomic E-state index is 11.9. The minimum absolute atomic E-state index is 0.0775. The highest BCUT2D eigenvalue weighted by atomic mass is 16.4. The summed E-state index contributed by atoms with van der Waals surface area (Å²) in [5.41, 5.74) is 1.82. The van der Waals surface area contributed by atoms with Crippen LogP contribution in [0.1, 0.15) is 18.4 Å². The number of hydrogen-bond donors (Lipinski definition) is 2. The van der Waals surface area contributed by atoms with Crippen LogP contribution in [-0.2, 0) is 9.59 Å². The van der Waals surface area contributed by atoms with Crippen LogP contribution in [0.5, 0.6) is 0 Å². The third kappa shape index (κ3) is 4.37. The molecule has 0 aromatic heterocycles. The summed E-state index contributed by atoms with van der Waals surface area (Å²) in [6.07, 6.45) is 1.95. The second-order valence-corrected chi connectivity index (χ2v) is 4.95. The Labute approximate surface area is 112 Å². The molecule has 0 radical (unpaired) electrons. The van der Waals surface area contributed by atoms with Crippen molar-refractivity contribution in [3.63, 3.8) is 0 Å². The molecule has 0 heterocycles. The minimum Gasteiger partial charge on any atom is -0.480 e. The van der Waals surface area contributed by atoms with E-state index in [4.69, 9.17) is 5.11 Å². The van der Waals surface area contributed by atoms with Gasteiger partial charge in [-0.05, 0) is 37.5 Å². The summed E-state index contributed by atoms with van der Waals surface area (Å²) in [6.45, 7) is 2.01. The van der Waals surface area contributed by atoms with E-state index in [2.05, 4.69) is 5.32 Å². The molecule has 102 valence electrons. The van der Waals surface area contributed by atoms with Crippen molar-refractivity contribution in [3.8, 4) is 0 Å². The lowest BCUT2D eigenvalue weighted by molar-refractivity contribution is -0.138. The van der Waals surface area contributed by atoms with E-state index in [1.54, 1.807) is 4.90 Å². The average molecular weight is 262 g/mol. The van der Waals surface area contributed by atoms with Crippen molar-refractivity contribution < 1.29 is 14.7 Å². The van der Waals surface area contributed by atoms with Crippen LogP contribution in [0.25, 0.3) is 0 Å². The molecular formula is C14H18N2O3. The maximum Gasteiger partial charge on any atom is 0.317 e. The van der Waals surface area contributed by atoms with Crippen LogP contribution in [-0.4, -0.2) is 41.0 Å². The van der Waals surface area contributed by atoms with Crippen molar-refractivity contribution in [2.24, 2.45) is 0 Å². The molecule has 0 saturated heterocycles. The van der Waals surface area contributed by atoms with Crippen molar-refractivity contribution in [1.29, 1.82) is 0 Å². The van der Waals surface area contributed by atoms with Crippen molar-refractivity contribution in [3.05, 3.63) is 29.8 Å². The summed E-state index contributed by atoms with van der Waals surface area (Å²) in [4.78, 5) is 24.4. The first-order chi connectivity index (χ1) is 9.04. The standard InChI is InChI=1S/C14H18N2O3/c1-10-3-2-4-11(7-10)15-13(17)8-16(9-14(18)19)12-5-6-12/h2-4,7,12H,5-6,8-9H2,1H3,(H,15,17)(H,18,19). The quantitative estimate of drug-likeness (QED) is 0.814. The predicted molar refractivity (Wildman–Crippen MR) is 72.0 cm³/mol. The monoisotopic (exact) mass is 262 g/mol. The number of hydrogen-bond acceptors (Lipinski definition) is 3. The highest BCUT2D eigenvalue weighted by Gasteiger charge is 2.31. The predicted octanol–water partition coefficient (Wildman–Crippen LogP) is 1.48. The van der Waals surface area contributed by atoms with Gasteiger partial charge in [-0.2, -0.15) is 0 Å². The molecule has 0 bridgehead atoms. The lowest BCUT2D eigenvalue weighted by atomic mass is 10.2. The second kappa shape index (κ2) is 5.84. The molecule has 2 N–H and O–H groups in total. The number of amides is 1. The maximum absolute atomic E-state index is 11.9. The van der Waals surface area contributed by atoms with Gasteiger partial charge in [0.2, 0.25) is 5.91 Å². The van der Waals surface area contributed by atoms with Crippen LogP contribution in [0.3, 0.4) is 0 Å². The van der Waals surface area contributed by atoms with Gasteiger partial charge in [-0.3, -0.25) is 14.5 Å². The molecule has 0 atom stereocenters. The number of benzene rings is 1. The zero-order chi connectivity index (χ0) is 13.8. The van der Waals surface area contributed by atoms with E-state index in [9.17, 15) is 9.59 Å². The number of nitrogens with zero attached hydrogens (tertiary/aromatic N) is 1. The average Bonchev–Trinajstić information content (AvgIpc) is 3.10. The minimum atomic E-state index is -0.893. The van der Waals surface area contributed by atoms with Gasteiger partial charge in [0.15, 0.2) is 0 Å². The van der Waals surface area contributed by atoms with Crippen LogP contribution in [0.15, 0.2) is 24.3 Å². The fourth-order valence-electron chi connectivity index (χ4n) is 2.04. The number of carbonyl (C=O) groups excluding carboxylic acids is 1. The van der Waals surface area contributed by atoms with Gasteiger partial charge >= 0.3 is 5.97 Å². The third-order valence-electron chi connectivity index (χ3n) is 3.05. The first-order valence-electron chi connectivity index (χ1n) is 6.37. The first-order valence-corrected chi connectivity index (χ1v) is 6.37. The van der Waals surface area contributed by atoms with E-state index >= 15 is 0 Å². The largest absolute Gasteiger partial charge is 0.480 e. The Kier molecular flexibility index (Phi) is 4.16. The highest BCUT2D eigenvalue weighted by molar-refractivity contribution is 5.92. The Hall–Kier alpha value is -1.88.